The van der Waals surface area contributed by atoms with Gasteiger partial charge in [0, 0.05) is 49.4 Å². The van der Waals surface area contributed by atoms with E-state index in [2.05, 4.69) is 20.6 Å². The van der Waals surface area contributed by atoms with Crippen molar-refractivity contribution in [1.82, 2.24) is 30.1 Å². The number of ether oxygens (including phenoxy) is 1. The lowest BCUT2D eigenvalue weighted by molar-refractivity contribution is -0.129. The van der Waals surface area contributed by atoms with Gasteiger partial charge in [-0.2, -0.15) is 0 Å². The molecule has 0 saturated heterocycles. The molecule has 0 radical (unpaired) electrons. The number of H-pyrrole nitrogens is 1. The third kappa shape index (κ3) is 7.84. The number of aryl methyl sites for hydroxylation is 1. The minimum atomic E-state index is -0.750. The predicted octanol–water partition coefficient (Wildman–Crippen LogP) is 2.37. The third-order valence-electron chi connectivity index (χ3n) is 6.87. The van der Waals surface area contributed by atoms with Crippen LogP contribution in [0.3, 0.4) is 0 Å². The summed E-state index contributed by atoms with van der Waals surface area (Å²) >= 11 is 0. The van der Waals surface area contributed by atoms with E-state index in [0.717, 1.165) is 11.4 Å². The Kier molecular flexibility index (Phi) is 9.94. The van der Waals surface area contributed by atoms with E-state index >= 15 is 0 Å². The molecule has 0 unspecified atom stereocenters. The van der Waals surface area contributed by atoms with Crippen LogP contribution in [-0.2, 0) is 22.6 Å². The monoisotopic (exact) mass is 562 g/mol. The number of fused-ring (bicyclic) bond motifs is 4. The quantitative estimate of drug-likeness (QED) is 0.446. The van der Waals surface area contributed by atoms with Crippen LogP contribution in [0.25, 0.3) is 11.4 Å². The minimum Gasteiger partial charge on any atom is -0.494 e. The number of nitrogens with one attached hydrogen (secondary N) is 3. The van der Waals surface area contributed by atoms with E-state index in [0.29, 0.717) is 56.0 Å². The zero-order valence-electron chi connectivity index (χ0n) is 23.8. The largest absolute Gasteiger partial charge is 0.494 e. The summed E-state index contributed by atoms with van der Waals surface area (Å²) in [5.41, 5.74) is 1.43. The maximum Gasteiger partial charge on any atom is 0.256 e. The van der Waals surface area contributed by atoms with Crippen LogP contribution in [0.1, 0.15) is 49.7 Å². The standard InChI is InChI=1S/C30H38N6O5/c1-4-24-23(9-10-26(37)33-24)30(40)36-13-6-16-41-22-8-5-7-21(18-22)28-31-11-14-35(28)15-12-32-29(39)25(17-20(2)3)34-27(38)19-36/h5,7-11,14,18,20,25H,4,6,12-13,15-17,19H2,1-3H3,(H,32,39)(H,33,37)(H,34,38)/t25-/m1/s1. The number of imidazole rings is 1. The molecular formula is C30H38N6O5. The van der Waals surface area contributed by atoms with Crippen molar-refractivity contribution in [2.45, 2.75) is 52.6 Å². The third-order valence-corrected chi connectivity index (χ3v) is 6.87. The highest BCUT2D eigenvalue weighted by Gasteiger charge is 2.26. The fourth-order valence-corrected chi connectivity index (χ4v) is 4.88. The summed E-state index contributed by atoms with van der Waals surface area (Å²) in [6.07, 6.45) is 4.93. The molecule has 1 atom stereocenters. The number of rotatable bonds is 4. The van der Waals surface area contributed by atoms with E-state index in [4.69, 9.17) is 4.74 Å². The second-order valence-corrected chi connectivity index (χ2v) is 10.5. The first kappa shape index (κ1) is 29.6. The minimum absolute atomic E-state index is 0.152. The van der Waals surface area contributed by atoms with E-state index in [1.807, 2.05) is 55.8 Å². The molecule has 3 amide bonds. The van der Waals surface area contributed by atoms with Crippen LogP contribution in [0.2, 0.25) is 0 Å². The van der Waals surface area contributed by atoms with Crippen LogP contribution < -0.4 is 20.9 Å². The summed E-state index contributed by atoms with van der Waals surface area (Å²) in [5.74, 6) is 0.473. The van der Waals surface area contributed by atoms with Crippen molar-refractivity contribution in [3.8, 4) is 17.1 Å². The lowest BCUT2D eigenvalue weighted by Gasteiger charge is -2.26. The Balaban J connectivity index is 1.62. The van der Waals surface area contributed by atoms with Crippen molar-refractivity contribution in [2.75, 3.05) is 26.2 Å². The van der Waals surface area contributed by atoms with E-state index < -0.39 is 11.9 Å². The van der Waals surface area contributed by atoms with Crippen LogP contribution in [0.4, 0.5) is 0 Å². The van der Waals surface area contributed by atoms with Crippen molar-refractivity contribution < 1.29 is 19.1 Å². The van der Waals surface area contributed by atoms with Crippen LogP contribution in [-0.4, -0.2) is 69.4 Å². The van der Waals surface area contributed by atoms with Gasteiger partial charge in [0.15, 0.2) is 0 Å². The first-order valence-electron chi connectivity index (χ1n) is 14.1. The number of nitrogens with zero attached hydrogens (tertiary/aromatic N) is 3. The van der Waals surface area contributed by atoms with Gasteiger partial charge < -0.3 is 29.8 Å². The van der Waals surface area contributed by atoms with Gasteiger partial charge in [0.25, 0.3) is 5.91 Å². The smallest absolute Gasteiger partial charge is 0.256 e. The molecule has 3 aromatic rings. The highest BCUT2D eigenvalue weighted by Crippen LogP contribution is 2.23. The molecule has 1 aliphatic rings. The first-order valence-corrected chi connectivity index (χ1v) is 14.1. The Morgan fingerprint density at radius 2 is 1.98 bits per heavy atom. The first-order chi connectivity index (χ1) is 19.7. The molecule has 41 heavy (non-hydrogen) atoms. The Bertz CT molecular complexity index is 1430. The van der Waals surface area contributed by atoms with Gasteiger partial charge in [0.2, 0.25) is 17.4 Å². The maximum atomic E-state index is 13.6. The van der Waals surface area contributed by atoms with E-state index in [9.17, 15) is 19.2 Å². The van der Waals surface area contributed by atoms with Crippen molar-refractivity contribution in [3.63, 3.8) is 0 Å². The molecule has 218 valence electrons. The molecule has 11 heteroatoms. The molecule has 2 bridgehead atoms. The fourth-order valence-electron chi connectivity index (χ4n) is 4.88. The van der Waals surface area contributed by atoms with E-state index in [-0.39, 0.29) is 36.4 Å². The number of pyridine rings is 1. The number of carbonyl (C=O) groups is 3. The maximum absolute atomic E-state index is 13.6. The molecule has 0 saturated carbocycles. The second-order valence-electron chi connectivity index (χ2n) is 10.5. The highest BCUT2D eigenvalue weighted by atomic mass is 16.5. The number of carbonyl (C=O) groups excluding carboxylic acids is 3. The summed E-state index contributed by atoms with van der Waals surface area (Å²) in [6, 6.07) is 9.65. The molecule has 0 aliphatic carbocycles. The number of amides is 3. The Morgan fingerprint density at radius 3 is 2.76 bits per heavy atom. The lowest BCUT2D eigenvalue weighted by Crippen LogP contribution is -2.51. The summed E-state index contributed by atoms with van der Waals surface area (Å²) in [6.45, 7) is 6.96. The Hall–Kier alpha value is -4.41. The van der Waals surface area contributed by atoms with Crippen LogP contribution >= 0.6 is 0 Å². The zero-order valence-corrected chi connectivity index (χ0v) is 23.8. The Morgan fingerprint density at radius 1 is 1.15 bits per heavy atom. The molecular weight excluding hydrogens is 524 g/mol. The van der Waals surface area contributed by atoms with Gasteiger partial charge in [-0.05, 0) is 43.4 Å². The summed E-state index contributed by atoms with van der Waals surface area (Å²) in [4.78, 5) is 60.5. The Labute approximate surface area is 239 Å². The summed E-state index contributed by atoms with van der Waals surface area (Å²) in [7, 11) is 0. The lowest BCUT2D eigenvalue weighted by atomic mass is 10.0. The molecule has 3 heterocycles. The molecule has 0 spiro atoms. The molecule has 2 aromatic heterocycles. The molecule has 11 nitrogen and oxygen atoms in total. The number of hydrogen-bond donors (Lipinski definition) is 3. The van der Waals surface area contributed by atoms with Gasteiger partial charge in [-0.1, -0.05) is 32.9 Å². The van der Waals surface area contributed by atoms with Crippen molar-refractivity contribution in [2.24, 2.45) is 5.92 Å². The normalized spacial score (nSPS) is 17.1. The number of benzene rings is 1. The van der Waals surface area contributed by atoms with Gasteiger partial charge >= 0.3 is 0 Å². The number of aromatic amines is 1. The van der Waals surface area contributed by atoms with Gasteiger partial charge in [0.1, 0.15) is 17.6 Å². The van der Waals surface area contributed by atoms with E-state index in [1.54, 1.807) is 6.20 Å². The van der Waals surface area contributed by atoms with Gasteiger partial charge in [-0.25, -0.2) is 4.98 Å². The molecule has 0 fully saturated rings. The van der Waals surface area contributed by atoms with Crippen LogP contribution in [0, 0.1) is 5.92 Å². The number of aromatic nitrogens is 3. The zero-order chi connectivity index (χ0) is 29.4. The molecule has 4 rings (SSSR count). The van der Waals surface area contributed by atoms with Crippen LogP contribution in [0.5, 0.6) is 5.75 Å². The topological polar surface area (TPSA) is 138 Å². The molecule has 1 aliphatic heterocycles. The second kappa shape index (κ2) is 13.8. The highest BCUT2D eigenvalue weighted by molar-refractivity contribution is 5.98. The molecule has 1 aromatic carbocycles. The SMILES string of the molecule is CCc1[nH]c(=O)ccc1C(=O)N1CCCOc2cccc(c2)-c2nccn2CCNC(=O)[C@@H](CC(C)C)NC(=O)C1. The average molecular weight is 563 g/mol. The summed E-state index contributed by atoms with van der Waals surface area (Å²) in [5, 5.41) is 5.78. The fraction of sp³-hybridized carbons (Fsp3) is 0.433. The van der Waals surface area contributed by atoms with E-state index in [1.165, 1.54) is 17.0 Å². The van der Waals surface area contributed by atoms with Gasteiger partial charge in [0.05, 0.1) is 18.7 Å². The van der Waals surface area contributed by atoms with Crippen molar-refractivity contribution in [1.29, 1.82) is 0 Å². The summed E-state index contributed by atoms with van der Waals surface area (Å²) < 4.78 is 7.96. The van der Waals surface area contributed by atoms with Gasteiger partial charge in [-0.3, -0.25) is 19.2 Å². The number of hydrogen-bond acceptors (Lipinski definition) is 6. The van der Waals surface area contributed by atoms with Crippen molar-refractivity contribution in [3.05, 3.63) is 70.4 Å². The average Bonchev–Trinajstić information content (AvgIpc) is 3.42. The molecule has 3 N–H and O–H groups in total. The van der Waals surface area contributed by atoms with Crippen LogP contribution in [0.15, 0.2) is 53.6 Å². The van der Waals surface area contributed by atoms with Crippen molar-refractivity contribution >= 4 is 17.7 Å². The predicted molar refractivity (Wildman–Crippen MR) is 155 cm³/mol. The van der Waals surface area contributed by atoms with Gasteiger partial charge in [-0.15, -0.1) is 0 Å².